The zero-order chi connectivity index (χ0) is 17.9. The summed E-state index contributed by atoms with van der Waals surface area (Å²) in [5.41, 5.74) is 1.01. The van der Waals surface area contributed by atoms with E-state index in [1.807, 2.05) is 6.92 Å². The lowest BCUT2D eigenvalue weighted by Crippen LogP contribution is -2.41. The Morgan fingerprint density at radius 3 is 2.32 bits per heavy atom. The first-order valence-electron chi connectivity index (χ1n) is 8.11. The molecule has 8 heteroatoms. The minimum atomic E-state index is -3.51. The molecule has 7 nitrogen and oxygen atoms in total. The highest BCUT2D eigenvalue weighted by Crippen LogP contribution is 2.24. The minimum Gasteiger partial charge on any atom is -0.294 e. The van der Waals surface area contributed by atoms with Crippen LogP contribution in [0.1, 0.15) is 18.4 Å². The van der Waals surface area contributed by atoms with Gasteiger partial charge in [-0.3, -0.25) is 10.1 Å². The van der Waals surface area contributed by atoms with Gasteiger partial charge in [-0.15, -0.1) is 0 Å². The van der Waals surface area contributed by atoms with E-state index in [1.54, 1.807) is 42.7 Å². The largest absolute Gasteiger partial charge is 0.294 e. The number of amides is 1. The van der Waals surface area contributed by atoms with Gasteiger partial charge >= 0.3 is 0 Å². The predicted molar refractivity (Wildman–Crippen MR) is 93.3 cm³/mol. The first-order chi connectivity index (χ1) is 12.0. The number of nitrogens with zero attached hydrogens (tertiary/aromatic N) is 3. The van der Waals surface area contributed by atoms with Gasteiger partial charge < -0.3 is 0 Å². The smallest absolute Gasteiger partial charge is 0.243 e. The number of nitrogens with one attached hydrogen (secondary N) is 1. The molecule has 1 saturated heterocycles. The van der Waals surface area contributed by atoms with Crippen molar-refractivity contribution >= 4 is 21.9 Å². The topological polar surface area (TPSA) is 92.3 Å². The third-order valence-electron chi connectivity index (χ3n) is 4.28. The Morgan fingerprint density at radius 1 is 1.12 bits per heavy atom. The summed E-state index contributed by atoms with van der Waals surface area (Å²) < 4.78 is 26.8. The maximum Gasteiger partial charge on any atom is 0.243 e. The van der Waals surface area contributed by atoms with E-state index in [9.17, 15) is 13.2 Å². The monoisotopic (exact) mass is 360 g/mol. The number of aromatic nitrogens is 2. The minimum absolute atomic E-state index is 0.168. The Kier molecular flexibility index (Phi) is 5.10. The first-order valence-corrected chi connectivity index (χ1v) is 9.55. The number of hydrogen-bond donors (Lipinski definition) is 1. The number of benzene rings is 1. The van der Waals surface area contributed by atoms with Crippen molar-refractivity contribution in [2.75, 3.05) is 18.4 Å². The van der Waals surface area contributed by atoms with Crippen LogP contribution < -0.4 is 5.32 Å². The fraction of sp³-hybridized carbons (Fsp3) is 0.353. The summed E-state index contributed by atoms with van der Waals surface area (Å²) in [6.07, 6.45) is 4.06. The van der Waals surface area contributed by atoms with E-state index in [0.29, 0.717) is 30.8 Å². The molecule has 1 amide bonds. The van der Waals surface area contributed by atoms with E-state index in [4.69, 9.17) is 0 Å². The zero-order valence-electron chi connectivity index (χ0n) is 13.9. The Labute approximate surface area is 147 Å². The highest BCUT2D eigenvalue weighted by Gasteiger charge is 2.32. The molecule has 0 unspecified atom stereocenters. The third-order valence-corrected chi connectivity index (χ3v) is 6.20. The van der Waals surface area contributed by atoms with E-state index in [1.165, 1.54) is 4.31 Å². The van der Waals surface area contributed by atoms with E-state index in [2.05, 4.69) is 15.3 Å². The van der Waals surface area contributed by atoms with Crippen LogP contribution in [-0.4, -0.2) is 41.7 Å². The van der Waals surface area contributed by atoms with Crippen LogP contribution in [-0.2, 0) is 14.8 Å². The van der Waals surface area contributed by atoms with Gasteiger partial charge in [0.1, 0.15) is 0 Å². The van der Waals surface area contributed by atoms with Crippen LogP contribution in [0.2, 0.25) is 0 Å². The van der Waals surface area contributed by atoms with Gasteiger partial charge in [0.2, 0.25) is 21.9 Å². The molecule has 0 bridgehead atoms. The molecule has 0 radical (unpaired) electrons. The summed E-state index contributed by atoms with van der Waals surface area (Å²) >= 11 is 0. The fourth-order valence-electron chi connectivity index (χ4n) is 2.79. The lowest BCUT2D eigenvalue weighted by Gasteiger charge is -2.30. The molecule has 25 heavy (non-hydrogen) atoms. The SMILES string of the molecule is Cc1ccc(S(=O)(=O)N2CCC(C(=O)Nc3ncccn3)CC2)cc1. The summed E-state index contributed by atoms with van der Waals surface area (Å²) in [7, 11) is -3.51. The Morgan fingerprint density at radius 2 is 1.72 bits per heavy atom. The van der Waals surface area contributed by atoms with Crippen molar-refractivity contribution in [2.45, 2.75) is 24.7 Å². The van der Waals surface area contributed by atoms with Crippen molar-refractivity contribution in [3.63, 3.8) is 0 Å². The Bertz CT molecular complexity index is 830. The lowest BCUT2D eigenvalue weighted by atomic mass is 9.97. The summed E-state index contributed by atoms with van der Waals surface area (Å²) in [4.78, 5) is 20.5. The number of anilines is 1. The number of piperidine rings is 1. The quantitative estimate of drug-likeness (QED) is 0.898. The molecule has 0 atom stereocenters. The number of carbonyl (C=O) groups is 1. The van der Waals surface area contributed by atoms with Crippen LogP contribution >= 0.6 is 0 Å². The van der Waals surface area contributed by atoms with Crippen molar-refractivity contribution in [1.82, 2.24) is 14.3 Å². The predicted octanol–water partition coefficient (Wildman–Crippen LogP) is 1.82. The van der Waals surface area contributed by atoms with Crippen LogP contribution in [0.3, 0.4) is 0 Å². The van der Waals surface area contributed by atoms with Crippen molar-refractivity contribution in [2.24, 2.45) is 5.92 Å². The molecule has 1 aliphatic heterocycles. The zero-order valence-corrected chi connectivity index (χ0v) is 14.7. The van der Waals surface area contributed by atoms with Gasteiger partial charge in [0.25, 0.3) is 0 Å². The van der Waals surface area contributed by atoms with Gasteiger partial charge in [0.05, 0.1) is 4.90 Å². The number of carbonyl (C=O) groups excluding carboxylic acids is 1. The molecule has 1 N–H and O–H groups in total. The second-order valence-electron chi connectivity index (χ2n) is 6.05. The maximum atomic E-state index is 12.7. The Hall–Kier alpha value is -2.32. The second-order valence-corrected chi connectivity index (χ2v) is 7.99. The number of hydrogen-bond acceptors (Lipinski definition) is 5. The van der Waals surface area contributed by atoms with Gasteiger partial charge in [-0.05, 0) is 38.0 Å². The third kappa shape index (κ3) is 4.02. The first kappa shape index (κ1) is 17.5. The van der Waals surface area contributed by atoms with E-state index < -0.39 is 10.0 Å². The molecule has 1 aromatic heterocycles. The molecule has 0 spiro atoms. The van der Waals surface area contributed by atoms with Crippen LogP contribution in [0.5, 0.6) is 0 Å². The highest BCUT2D eigenvalue weighted by molar-refractivity contribution is 7.89. The molecule has 1 fully saturated rings. The molecule has 2 heterocycles. The van der Waals surface area contributed by atoms with Crippen LogP contribution in [0, 0.1) is 12.8 Å². The van der Waals surface area contributed by atoms with Crippen molar-refractivity contribution in [3.05, 3.63) is 48.3 Å². The average Bonchev–Trinajstić information content (AvgIpc) is 2.63. The summed E-state index contributed by atoms with van der Waals surface area (Å²) in [5, 5.41) is 2.67. The van der Waals surface area contributed by atoms with Gasteiger partial charge in [0, 0.05) is 31.4 Å². The molecule has 1 aromatic carbocycles. The standard InChI is InChI=1S/C17H20N4O3S/c1-13-3-5-15(6-4-13)25(23,24)21-11-7-14(8-12-21)16(22)20-17-18-9-2-10-19-17/h2-6,9-10,14H,7-8,11-12H2,1H3,(H,18,19,20,22). The summed E-state index contributed by atoms with van der Waals surface area (Å²) in [5.74, 6) is -0.144. The fourth-order valence-corrected chi connectivity index (χ4v) is 4.26. The van der Waals surface area contributed by atoms with Gasteiger partial charge in [0.15, 0.2) is 0 Å². The molecule has 132 valence electrons. The van der Waals surface area contributed by atoms with E-state index in [0.717, 1.165) is 5.56 Å². The molecular formula is C17H20N4O3S. The van der Waals surface area contributed by atoms with Crippen LogP contribution in [0.25, 0.3) is 0 Å². The van der Waals surface area contributed by atoms with Gasteiger partial charge in [-0.1, -0.05) is 17.7 Å². The van der Waals surface area contributed by atoms with E-state index >= 15 is 0 Å². The number of aryl methyl sites for hydroxylation is 1. The van der Waals surface area contributed by atoms with Crippen LogP contribution in [0.15, 0.2) is 47.6 Å². The summed E-state index contributed by atoms with van der Waals surface area (Å²) in [6, 6.07) is 8.48. The average molecular weight is 360 g/mol. The van der Waals surface area contributed by atoms with Crippen molar-refractivity contribution in [3.8, 4) is 0 Å². The molecule has 0 aliphatic carbocycles. The molecule has 2 aromatic rings. The molecule has 0 saturated carbocycles. The van der Waals surface area contributed by atoms with Crippen molar-refractivity contribution < 1.29 is 13.2 Å². The summed E-state index contributed by atoms with van der Waals surface area (Å²) in [6.45, 7) is 2.56. The lowest BCUT2D eigenvalue weighted by molar-refractivity contribution is -0.121. The normalized spacial score (nSPS) is 16.5. The number of sulfonamides is 1. The van der Waals surface area contributed by atoms with Crippen LogP contribution in [0.4, 0.5) is 5.95 Å². The van der Waals surface area contributed by atoms with Crippen molar-refractivity contribution in [1.29, 1.82) is 0 Å². The maximum absolute atomic E-state index is 12.7. The molecular weight excluding hydrogens is 340 g/mol. The molecule has 1 aliphatic rings. The van der Waals surface area contributed by atoms with Gasteiger partial charge in [-0.2, -0.15) is 4.31 Å². The van der Waals surface area contributed by atoms with Gasteiger partial charge in [-0.25, -0.2) is 18.4 Å². The van der Waals surface area contributed by atoms with E-state index in [-0.39, 0.29) is 17.8 Å². The Balaban J connectivity index is 1.61. The highest BCUT2D eigenvalue weighted by atomic mass is 32.2. The second kappa shape index (κ2) is 7.28. The molecule has 3 rings (SSSR count). The number of rotatable bonds is 4.